The summed E-state index contributed by atoms with van der Waals surface area (Å²) in [4.78, 5) is 34.7. The molecular formula is C39H72NO8P. The summed E-state index contributed by atoms with van der Waals surface area (Å²) in [6.45, 7) is 3.65. The molecule has 0 radical (unpaired) electrons. The predicted octanol–water partition coefficient (Wildman–Crippen LogP) is 10.6. The Kier molecular flexibility index (Phi) is 34.7. The molecule has 10 heteroatoms. The van der Waals surface area contributed by atoms with Crippen LogP contribution in [0.25, 0.3) is 0 Å². The topological polar surface area (TPSA) is 134 Å². The van der Waals surface area contributed by atoms with Crippen LogP contribution in [0.15, 0.2) is 36.5 Å². The molecule has 49 heavy (non-hydrogen) atoms. The first kappa shape index (κ1) is 47.2. The maximum Gasteiger partial charge on any atom is 0.472 e. The highest BCUT2D eigenvalue weighted by molar-refractivity contribution is 7.47. The minimum absolute atomic E-state index is 0.0493. The van der Waals surface area contributed by atoms with Gasteiger partial charge in [0.15, 0.2) is 6.10 Å². The van der Waals surface area contributed by atoms with E-state index < -0.39 is 32.5 Å². The zero-order valence-corrected chi connectivity index (χ0v) is 32.1. The van der Waals surface area contributed by atoms with Crippen molar-refractivity contribution in [3.8, 4) is 0 Å². The van der Waals surface area contributed by atoms with Gasteiger partial charge in [0, 0.05) is 19.4 Å². The molecule has 0 aliphatic rings. The Bertz CT molecular complexity index is 907. The molecule has 2 atom stereocenters. The molecule has 0 fully saturated rings. The van der Waals surface area contributed by atoms with Gasteiger partial charge in [0.1, 0.15) is 6.61 Å². The largest absolute Gasteiger partial charge is 0.472 e. The number of unbranched alkanes of at least 4 members (excludes halogenated alkanes) is 17. The van der Waals surface area contributed by atoms with Gasteiger partial charge in [0.25, 0.3) is 0 Å². The van der Waals surface area contributed by atoms with Crippen molar-refractivity contribution in [3.05, 3.63) is 36.5 Å². The number of allylic oxidation sites excluding steroid dienone is 6. The highest BCUT2D eigenvalue weighted by Crippen LogP contribution is 2.43. The zero-order chi connectivity index (χ0) is 36.1. The van der Waals surface area contributed by atoms with Crippen LogP contribution in [0.4, 0.5) is 0 Å². The van der Waals surface area contributed by atoms with Crippen molar-refractivity contribution in [1.82, 2.24) is 0 Å². The fourth-order valence-corrected chi connectivity index (χ4v) is 5.83. The van der Waals surface area contributed by atoms with Crippen LogP contribution in [0.2, 0.25) is 0 Å². The number of rotatable bonds is 36. The smallest absolute Gasteiger partial charge is 0.462 e. The molecule has 0 aliphatic carbocycles. The van der Waals surface area contributed by atoms with Gasteiger partial charge in [-0.2, -0.15) is 0 Å². The summed E-state index contributed by atoms with van der Waals surface area (Å²) in [5.41, 5.74) is 5.33. The lowest BCUT2D eigenvalue weighted by Crippen LogP contribution is -2.29. The van der Waals surface area contributed by atoms with E-state index in [0.29, 0.717) is 6.42 Å². The highest BCUT2D eigenvalue weighted by Gasteiger charge is 2.25. The SMILES string of the molecule is CCCCCC=CCC=CCCCCCCCC(=O)O[C@H](COC(=O)CCCCCCCC=CCCCCCC)COP(=O)(O)OCCN. The lowest BCUT2D eigenvalue weighted by atomic mass is 10.1. The van der Waals surface area contributed by atoms with Crippen LogP contribution < -0.4 is 5.73 Å². The van der Waals surface area contributed by atoms with E-state index in [0.717, 1.165) is 77.0 Å². The predicted molar refractivity (Wildman–Crippen MR) is 201 cm³/mol. The second-order valence-electron chi connectivity index (χ2n) is 12.8. The number of carbonyl (C=O) groups is 2. The van der Waals surface area contributed by atoms with Crippen molar-refractivity contribution in [1.29, 1.82) is 0 Å². The van der Waals surface area contributed by atoms with Crippen molar-refractivity contribution in [2.24, 2.45) is 5.73 Å². The Morgan fingerprint density at radius 1 is 0.612 bits per heavy atom. The van der Waals surface area contributed by atoms with Gasteiger partial charge in [-0.05, 0) is 70.6 Å². The first-order valence-corrected chi connectivity index (χ1v) is 21.0. The second kappa shape index (κ2) is 36.0. The minimum atomic E-state index is -4.38. The quantitative estimate of drug-likeness (QED) is 0.0281. The van der Waals surface area contributed by atoms with E-state index >= 15 is 0 Å². The number of ether oxygens (including phenoxy) is 2. The molecule has 286 valence electrons. The summed E-state index contributed by atoms with van der Waals surface area (Å²) in [5, 5.41) is 0. The number of hydrogen-bond donors (Lipinski definition) is 2. The summed E-state index contributed by atoms with van der Waals surface area (Å²) < 4.78 is 32.6. The van der Waals surface area contributed by atoms with Crippen molar-refractivity contribution in [2.45, 2.75) is 174 Å². The number of phosphoric ester groups is 1. The molecular weight excluding hydrogens is 641 g/mol. The Balaban J connectivity index is 4.26. The number of hydrogen-bond acceptors (Lipinski definition) is 8. The molecule has 0 bridgehead atoms. The highest BCUT2D eigenvalue weighted by atomic mass is 31.2. The number of nitrogens with two attached hydrogens (primary N) is 1. The van der Waals surface area contributed by atoms with Crippen LogP contribution in [-0.2, 0) is 32.7 Å². The van der Waals surface area contributed by atoms with Crippen LogP contribution in [-0.4, -0.2) is 49.3 Å². The maximum atomic E-state index is 12.5. The van der Waals surface area contributed by atoms with Gasteiger partial charge in [-0.15, -0.1) is 0 Å². The fraction of sp³-hybridized carbons (Fsp3) is 0.795. The van der Waals surface area contributed by atoms with Crippen LogP contribution in [0, 0.1) is 0 Å². The van der Waals surface area contributed by atoms with Gasteiger partial charge in [-0.25, -0.2) is 4.57 Å². The summed E-state index contributed by atoms with van der Waals surface area (Å²) in [7, 11) is -4.38. The summed E-state index contributed by atoms with van der Waals surface area (Å²) in [6.07, 6.45) is 37.4. The molecule has 1 unspecified atom stereocenters. The van der Waals surface area contributed by atoms with Gasteiger partial charge in [-0.1, -0.05) is 121 Å². The summed E-state index contributed by atoms with van der Waals surface area (Å²) in [6, 6.07) is 0. The molecule has 0 saturated heterocycles. The first-order valence-electron chi connectivity index (χ1n) is 19.5. The van der Waals surface area contributed by atoms with Crippen LogP contribution in [0.5, 0.6) is 0 Å². The Morgan fingerprint density at radius 2 is 1.06 bits per heavy atom. The van der Waals surface area contributed by atoms with Gasteiger partial charge in [0.05, 0.1) is 13.2 Å². The summed E-state index contributed by atoms with van der Waals surface area (Å²) in [5.74, 6) is -0.857. The van der Waals surface area contributed by atoms with E-state index in [1.807, 2.05) is 0 Å². The van der Waals surface area contributed by atoms with Gasteiger partial charge in [0.2, 0.25) is 0 Å². The van der Waals surface area contributed by atoms with Crippen molar-refractivity contribution >= 4 is 19.8 Å². The van der Waals surface area contributed by atoms with Crippen molar-refractivity contribution in [2.75, 3.05) is 26.4 Å². The Hall–Kier alpha value is -1.77. The molecule has 0 aromatic carbocycles. The Morgan fingerprint density at radius 3 is 1.61 bits per heavy atom. The Labute approximate surface area is 299 Å². The van der Waals surface area contributed by atoms with Gasteiger partial charge >= 0.3 is 19.8 Å². The molecule has 0 rings (SSSR count). The lowest BCUT2D eigenvalue weighted by Gasteiger charge is -2.19. The van der Waals surface area contributed by atoms with Gasteiger partial charge < -0.3 is 20.1 Å². The third-order valence-corrected chi connectivity index (χ3v) is 8.98. The number of phosphoric acid groups is 1. The van der Waals surface area contributed by atoms with Crippen LogP contribution >= 0.6 is 7.82 Å². The average molecular weight is 714 g/mol. The summed E-state index contributed by atoms with van der Waals surface area (Å²) >= 11 is 0. The third kappa shape index (κ3) is 35.8. The van der Waals surface area contributed by atoms with E-state index in [1.54, 1.807) is 0 Å². The minimum Gasteiger partial charge on any atom is -0.462 e. The molecule has 0 aliphatic heterocycles. The monoisotopic (exact) mass is 713 g/mol. The molecule has 0 aromatic heterocycles. The second-order valence-corrected chi connectivity index (χ2v) is 14.2. The molecule has 0 spiro atoms. The molecule has 0 saturated carbocycles. The maximum absolute atomic E-state index is 12.5. The fourth-order valence-electron chi connectivity index (χ4n) is 5.07. The first-order chi connectivity index (χ1) is 23.8. The molecule has 0 aromatic rings. The standard InChI is InChI=1S/C39H72NO8P/c1-3-5-7-9-11-13-15-17-18-20-22-24-26-28-30-32-39(42)48-37(36-47-49(43,44)46-34-33-40)35-45-38(41)31-29-27-25-23-21-19-16-14-12-10-8-6-4-2/h11,13-14,16-18,37H,3-10,12,15,19-36,40H2,1-2H3,(H,43,44)/t37-/m1/s1. The van der Waals surface area contributed by atoms with Crippen molar-refractivity contribution in [3.63, 3.8) is 0 Å². The van der Waals surface area contributed by atoms with E-state index in [9.17, 15) is 19.0 Å². The lowest BCUT2D eigenvalue weighted by molar-refractivity contribution is -0.161. The van der Waals surface area contributed by atoms with Crippen molar-refractivity contribution < 1.29 is 37.6 Å². The number of esters is 2. The molecule has 0 amide bonds. The molecule has 0 heterocycles. The normalized spacial score (nSPS) is 13.8. The van der Waals surface area contributed by atoms with E-state index in [4.69, 9.17) is 24.3 Å². The molecule has 3 N–H and O–H groups in total. The van der Waals surface area contributed by atoms with Crippen LogP contribution in [0.3, 0.4) is 0 Å². The van der Waals surface area contributed by atoms with E-state index in [-0.39, 0.29) is 32.6 Å². The number of carbonyl (C=O) groups excluding carboxylic acids is 2. The van der Waals surface area contributed by atoms with E-state index in [2.05, 4.69) is 50.3 Å². The van der Waals surface area contributed by atoms with Gasteiger partial charge in [-0.3, -0.25) is 18.6 Å². The zero-order valence-electron chi connectivity index (χ0n) is 31.2. The third-order valence-electron chi connectivity index (χ3n) is 8.00. The van der Waals surface area contributed by atoms with E-state index in [1.165, 1.54) is 57.8 Å². The van der Waals surface area contributed by atoms with Crippen LogP contribution in [0.1, 0.15) is 168 Å². The molecule has 9 nitrogen and oxygen atoms in total. The average Bonchev–Trinajstić information content (AvgIpc) is 3.08.